The Hall–Kier alpha value is -2.05. The molecule has 2 aromatic rings. The molecule has 5 nitrogen and oxygen atoms in total. The largest absolute Gasteiger partial charge is 0.457 e. The molecule has 0 unspecified atom stereocenters. The lowest BCUT2D eigenvalue weighted by Gasteiger charge is -2.06. The second kappa shape index (κ2) is 7.29. The Kier molecular flexibility index (Phi) is 5.41. The fourth-order valence-corrected chi connectivity index (χ4v) is 2.45. The summed E-state index contributed by atoms with van der Waals surface area (Å²) >= 11 is 7.02. The molecule has 0 bridgehead atoms. The lowest BCUT2D eigenvalue weighted by atomic mass is 10.2. The van der Waals surface area contributed by atoms with E-state index in [4.69, 9.17) is 16.3 Å². The molecule has 0 atom stereocenters. The highest BCUT2D eigenvalue weighted by molar-refractivity contribution is 7.98. The van der Waals surface area contributed by atoms with Gasteiger partial charge in [-0.1, -0.05) is 23.7 Å². The number of nitro groups is 1. The normalized spacial score (nSPS) is 10.3. The second-order valence-electron chi connectivity index (χ2n) is 4.35. The van der Waals surface area contributed by atoms with Crippen molar-refractivity contribution in [2.75, 3.05) is 6.26 Å². The molecule has 7 heteroatoms. The van der Waals surface area contributed by atoms with E-state index < -0.39 is 10.9 Å². The van der Waals surface area contributed by atoms with E-state index in [0.717, 1.165) is 5.56 Å². The lowest BCUT2D eigenvalue weighted by molar-refractivity contribution is -0.387. The van der Waals surface area contributed by atoms with Gasteiger partial charge in [0.05, 0.1) is 15.4 Å². The summed E-state index contributed by atoms with van der Waals surface area (Å²) in [5.41, 5.74) is 0.833. The van der Waals surface area contributed by atoms with E-state index in [-0.39, 0.29) is 17.9 Å². The summed E-state index contributed by atoms with van der Waals surface area (Å²) in [5, 5.41) is 11.6. The lowest BCUT2D eigenvalue weighted by Crippen LogP contribution is -2.06. The van der Waals surface area contributed by atoms with Crippen LogP contribution in [0.25, 0.3) is 0 Å². The maximum Gasteiger partial charge on any atom is 0.338 e. The highest BCUT2D eigenvalue weighted by Gasteiger charge is 2.17. The van der Waals surface area contributed by atoms with Crippen LogP contribution in [0.4, 0.5) is 5.69 Å². The van der Waals surface area contributed by atoms with Crippen LogP contribution >= 0.6 is 23.4 Å². The van der Waals surface area contributed by atoms with Gasteiger partial charge in [0, 0.05) is 11.1 Å². The van der Waals surface area contributed by atoms with E-state index in [1.807, 2.05) is 0 Å². The van der Waals surface area contributed by atoms with Crippen LogP contribution in [0, 0.1) is 10.1 Å². The van der Waals surface area contributed by atoms with Crippen molar-refractivity contribution >= 4 is 35.0 Å². The standard InChI is InChI=1S/C15H12ClNO4S/c1-22-14-7-4-11(8-13(14)17(19)20)15(18)21-9-10-2-5-12(16)6-3-10/h2-8H,9H2,1H3. The van der Waals surface area contributed by atoms with E-state index in [9.17, 15) is 14.9 Å². The monoisotopic (exact) mass is 337 g/mol. The summed E-state index contributed by atoms with van der Waals surface area (Å²) in [4.78, 5) is 23.0. The molecule has 0 saturated carbocycles. The van der Waals surface area contributed by atoms with Gasteiger partial charge >= 0.3 is 5.97 Å². The zero-order chi connectivity index (χ0) is 16.1. The number of halogens is 1. The van der Waals surface area contributed by atoms with Crippen molar-refractivity contribution in [2.24, 2.45) is 0 Å². The summed E-state index contributed by atoms with van der Waals surface area (Å²) in [6.07, 6.45) is 1.74. The molecule has 2 aromatic carbocycles. The molecule has 114 valence electrons. The van der Waals surface area contributed by atoms with Gasteiger partial charge in [0.25, 0.3) is 5.69 Å². The summed E-state index contributed by atoms with van der Waals surface area (Å²) in [7, 11) is 0. The number of carbonyl (C=O) groups excluding carboxylic acids is 1. The summed E-state index contributed by atoms with van der Waals surface area (Å²) in [6.45, 7) is 0.0775. The van der Waals surface area contributed by atoms with Gasteiger partial charge in [0.2, 0.25) is 0 Å². The molecule has 0 aliphatic carbocycles. The topological polar surface area (TPSA) is 69.4 Å². The zero-order valence-electron chi connectivity index (χ0n) is 11.6. The number of ether oxygens (including phenoxy) is 1. The van der Waals surface area contributed by atoms with Crippen LogP contribution in [0.2, 0.25) is 5.02 Å². The van der Waals surface area contributed by atoms with Crippen LogP contribution < -0.4 is 0 Å². The summed E-state index contributed by atoms with van der Waals surface area (Å²) in [6, 6.07) is 11.2. The number of carbonyl (C=O) groups is 1. The SMILES string of the molecule is CSc1ccc(C(=O)OCc2ccc(Cl)cc2)cc1[N+](=O)[O-]. The molecule has 0 amide bonds. The average molecular weight is 338 g/mol. The number of thioether (sulfide) groups is 1. The first-order chi connectivity index (χ1) is 10.5. The van der Waals surface area contributed by atoms with Gasteiger partial charge in [-0.05, 0) is 36.1 Å². The first-order valence-corrected chi connectivity index (χ1v) is 7.85. The minimum Gasteiger partial charge on any atom is -0.457 e. The van der Waals surface area contributed by atoms with Crippen molar-refractivity contribution in [3.8, 4) is 0 Å². The van der Waals surface area contributed by atoms with Crippen LogP contribution in [0.1, 0.15) is 15.9 Å². The van der Waals surface area contributed by atoms with Gasteiger partial charge in [-0.2, -0.15) is 0 Å². The Labute approximate surface area is 136 Å². The number of benzene rings is 2. The highest BCUT2D eigenvalue weighted by atomic mass is 35.5. The molecule has 0 spiro atoms. The maximum atomic E-state index is 12.0. The number of rotatable bonds is 5. The van der Waals surface area contributed by atoms with Crippen LogP contribution in [0.15, 0.2) is 47.4 Å². The number of esters is 1. The van der Waals surface area contributed by atoms with Gasteiger partial charge < -0.3 is 4.74 Å². The van der Waals surface area contributed by atoms with Crippen molar-refractivity contribution in [3.05, 3.63) is 68.7 Å². The molecule has 0 radical (unpaired) electrons. The minimum atomic E-state index is -0.606. The van der Waals surface area contributed by atoms with E-state index in [1.165, 1.54) is 23.9 Å². The third-order valence-electron chi connectivity index (χ3n) is 2.89. The smallest absolute Gasteiger partial charge is 0.338 e. The van der Waals surface area contributed by atoms with Gasteiger partial charge in [-0.15, -0.1) is 11.8 Å². The molecule has 0 heterocycles. The van der Waals surface area contributed by atoms with Gasteiger partial charge in [-0.25, -0.2) is 4.79 Å². The quantitative estimate of drug-likeness (QED) is 0.351. The number of nitrogens with zero attached hydrogens (tertiary/aromatic N) is 1. The fraction of sp³-hybridized carbons (Fsp3) is 0.133. The van der Waals surface area contributed by atoms with Crippen molar-refractivity contribution < 1.29 is 14.5 Å². The Morgan fingerprint density at radius 3 is 2.55 bits per heavy atom. The molecule has 0 aromatic heterocycles. The van der Waals surface area contributed by atoms with Crippen molar-refractivity contribution in [1.29, 1.82) is 0 Å². The average Bonchev–Trinajstić information content (AvgIpc) is 2.53. The van der Waals surface area contributed by atoms with Crippen LogP contribution in [0.3, 0.4) is 0 Å². The van der Waals surface area contributed by atoms with Crippen LogP contribution in [-0.4, -0.2) is 17.1 Å². The Bertz CT molecular complexity index is 703. The van der Waals surface area contributed by atoms with Crippen molar-refractivity contribution in [3.63, 3.8) is 0 Å². The van der Waals surface area contributed by atoms with Gasteiger partial charge in [-0.3, -0.25) is 10.1 Å². The number of nitro benzene ring substituents is 1. The van der Waals surface area contributed by atoms with E-state index in [0.29, 0.717) is 9.92 Å². The Balaban J connectivity index is 2.10. The van der Waals surface area contributed by atoms with Crippen LogP contribution in [0.5, 0.6) is 0 Å². The third-order valence-corrected chi connectivity index (χ3v) is 3.93. The number of hydrogen-bond donors (Lipinski definition) is 0. The second-order valence-corrected chi connectivity index (χ2v) is 5.63. The molecule has 22 heavy (non-hydrogen) atoms. The first kappa shape index (κ1) is 16.3. The van der Waals surface area contributed by atoms with Crippen LogP contribution in [-0.2, 0) is 11.3 Å². The molecule has 0 aliphatic heterocycles. The molecular weight excluding hydrogens is 326 g/mol. The third kappa shape index (κ3) is 3.99. The molecule has 0 aliphatic rings. The molecule has 0 N–H and O–H groups in total. The Morgan fingerprint density at radius 1 is 1.27 bits per heavy atom. The predicted octanol–water partition coefficient (Wildman–Crippen LogP) is 4.33. The number of hydrogen-bond acceptors (Lipinski definition) is 5. The highest BCUT2D eigenvalue weighted by Crippen LogP contribution is 2.28. The first-order valence-electron chi connectivity index (χ1n) is 6.25. The molecular formula is C15H12ClNO4S. The van der Waals surface area contributed by atoms with Gasteiger partial charge in [0.15, 0.2) is 0 Å². The maximum absolute atomic E-state index is 12.0. The molecule has 0 saturated heterocycles. The van der Waals surface area contributed by atoms with E-state index >= 15 is 0 Å². The zero-order valence-corrected chi connectivity index (χ0v) is 13.2. The van der Waals surface area contributed by atoms with Gasteiger partial charge in [0.1, 0.15) is 6.61 Å². The summed E-state index contributed by atoms with van der Waals surface area (Å²) < 4.78 is 5.15. The minimum absolute atomic E-state index is 0.0775. The van der Waals surface area contributed by atoms with Crippen molar-refractivity contribution in [1.82, 2.24) is 0 Å². The van der Waals surface area contributed by atoms with Crippen molar-refractivity contribution in [2.45, 2.75) is 11.5 Å². The predicted molar refractivity (Wildman–Crippen MR) is 85.4 cm³/mol. The summed E-state index contributed by atoms with van der Waals surface area (Å²) in [5.74, 6) is -0.606. The molecule has 2 rings (SSSR count). The fourth-order valence-electron chi connectivity index (χ4n) is 1.77. The van der Waals surface area contributed by atoms with E-state index in [2.05, 4.69) is 0 Å². The Morgan fingerprint density at radius 2 is 1.95 bits per heavy atom. The molecule has 0 fully saturated rings. The van der Waals surface area contributed by atoms with E-state index in [1.54, 1.807) is 36.6 Å².